The number of furan rings is 1. The number of benzene rings is 1. The van der Waals surface area contributed by atoms with E-state index in [0.717, 1.165) is 4.31 Å². The molecule has 3 rings (SSSR count). The van der Waals surface area contributed by atoms with Crippen LogP contribution in [0.25, 0.3) is 5.76 Å². The second-order valence-electron chi connectivity index (χ2n) is 4.72. The van der Waals surface area contributed by atoms with E-state index >= 15 is 0 Å². The summed E-state index contributed by atoms with van der Waals surface area (Å²) in [7, 11) is -3.70. The zero-order valence-corrected chi connectivity index (χ0v) is 12.8. The van der Waals surface area contributed by atoms with Gasteiger partial charge in [0.05, 0.1) is 23.9 Å². The smallest absolute Gasteiger partial charge is 0.379 e. The standard InChI is InChI=1S/C16H13NO5S/c1-2-9-17-11-14(22-16(18)13-7-5-10-21-13)12-6-3-4-8-15(12)23(17,19)20/h2-8,10-11H,1,9H2. The zero-order valence-electron chi connectivity index (χ0n) is 12.0. The fraction of sp³-hybridized carbons (Fsp3) is 0.0625. The molecule has 2 heterocycles. The monoisotopic (exact) mass is 331 g/mol. The minimum absolute atomic E-state index is 0.0343. The van der Waals surface area contributed by atoms with Crippen LogP contribution in [0.4, 0.5) is 0 Å². The molecule has 0 atom stereocenters. The molecule has 0 saturated carbocycles. The van der Waals surface area contributed by atoms with Gasteiger partial charge >= 0.3 is 5.97 Å². The van der Waals surface area contributed by atoms with E-state index in [2.05, 4.69) is 6.58 Å². The molecule has 0 radical (unpaired) electrons. The number of nitrogens with zero attached hydrogens (tertiary/aromatic N) is 1. The number of carbonyl (C=O) groups is 1. The minimum Gasteiger partial charge on any atom is -0.457 e. The lowest BCUT2D eigenvalue weighted by molar-refractivity contribution is 0.0654. The lowest BCUT2D eigenvalue weighted by Crippen LogP contribution is -2.31. The molecule has 118 valence electrons. The van der Waals surface area contributed by atoms with E-state index in [4.69, 9.17) is 9.15 Å². The molecule has 1 aromatic heterocycles. The van der Waals surface area contributed by atoms with Crippen LogP contribution in [-0.4, -0.2) is 25.2 Å². The third-order valence-electron chi connectivity index (χ3n) is 3.23. The number of hydrogen-bond acceptors (Lipinski definition) is 5. The van der Waals surface area contributed by atoms with Gasteiger partial charge in [-0.15, -0.1) is 6.58 Å². The maximum absolute atomic E-state index is 12.5. The fourth-order valence-electron chi connectivity index (χ4n) is 2.20. The number of rotatable bonds is 4. The highest BCUT2D eigenvalue weighted by molar-refractivity contribution is 7.89. The van der Waals surface area contributed by atoms with E-state index < -0.39 is 16.0 Å². The Balaban J connectivity index is 2.04. The summed E-state index contributed by atoms with van der Waals surface area (Å²) in [5, 5.41) is 0. The van der Waals surface area contributed by atoms with Crippen LogP contribution >= 0.6 is 0 Å². The van der Waals surface area contributed by atoms with Crippen LogP contribution in [-0.2, 0) is 14.8 Å². The topological polar surface area (TPSA) is 76.8 Å². The number of carbonyl (C=O) groups excluding carboxylic acids is 1. The van der Waals surface area contributed by atoms with Crippen molar-refractivity contribution in [1.29, 1.82) is 0 Å². The summed E-state index contributed by atoms with van der Waals surface area (Å²) in [6.45, 7) is 3.61. The molecule has 23 heavy (non-hydrogen) atoms. The van der Waals surface area contributed by atoms with Crippen molar-refractivity contribution < 1.29 is 22.4 Å². The number of esters is 1. The quantitative estimate of drug-likeness (QED) is 0.636. The second-order valence-corrected chi connectivity index (χ2v) is 6.58. The Kier molecular flexibility index (Phi) is 3.79. The minimum atomic E-state index is -3.70. The zero-order chi connectivity index (χ0) is 16.4. The molecule has 0 N–H and O–H groups in total. The van der Waals surface area contributed by atoms with Crippen molar-refractivity contribution in [2.24, 2.45) is 0 Å². The summed E-state index contributed by atoms with van der Waals surface area (Å²) in [5.74, 6) is -0.528. The van der Waals surface area contributed by atoms with Crippen molar-refractivity contribution in [1.82, 2.24) is 4.31 Å². The predicted octanol–water partition coefficient (Wildman–Crippen LogP) is 2.63. The second kappa shape index (κ2) is 5.77. The molecule has 0 fully saturated rings. The molecule has 0 saturated heterocycles. The molecule has 0 aliphatic carbocycles. The average molecular weight is 331 g/mol. The van der Waals surface area contributed by atoms with E-state index in [1.54, 1.807) is 24.3 Å². The molecule has 1 aliphatic rings. The van der Waals surface area contributed by atoms with E-state index in [-0.39, 0.29) is 23.0 Å². The van der Waals surface area contributed by atoms with Gasteiger partial charge in [-0.3, -0.25) is 4.31 Å². The normalized spacial score (nSPS) is 15.5. The van der Waals surface area contributed by atoms with Gasteiger partial charge in [0.25, 0.3) is 10.0 Å². The molecule has 0 spiro atoms. The molecule has 0 unspecified atom stereocenters. The van der Waals surface area contributed by atoms with Crippen molar-refractivity contribution in [3.05, 3.63) is 72.8 Å². The molecule has 6 nitrogen and oxygen atoms in total. The molecular formula is C16H13NO5S. The van der Waals surface area contributed by atoms with Gasteiger partial charge in [-0.1, -0.05) is 18.2 Å². The van der Waals surface area contributed by atoms with Gasteiger partial charge in [-0.2, -0.15) is 0 Å². The Morgan fingerprint density at radius 3 is 2.74 bits per heavy atom. The van der Waals surface area contributed by atoms with E-state index in [1.165, 1.54) is 30.7 Å². The Morgan fingerprint density at radius 2 is 2.04 bits per heavy atom. The summed E-state index contributed by atoms with van der Waals surface area (Å²) < 4.78 is 36.4. The first-order chi connectivity index (χ1) is 11.0. The summed E-state index contributed by atoms with van der Waals surface area (Å²) in [5.41, 5.74) is 0.327. The predicted molar refractivity (Wildman–Crippen MR) is 82.6 cm³/mol. The molecule has 7 heteroatoms. The molecule has 1 aliphatic heterocycles. The molecular weight excluding hydrogens is 318 g/mol. The first-order valence-electron chi connectivity index (χ1n) is 6.73. The first-order valence-corrected chi connectivity index (χ1v) is 8.17. The van der Waals surface area contributed by atoms with Gasteiger partial charge in [0.2, 0.25) is 5.76 Å². The van der Waals surface area contributed by atoms with Gasteiger partial charge in [0, 0.05) is 5.56 Å². The number of hydrogen-bond donors (Lipinski definition) is 0. The highest BCUT2D eigenvalue weighted by Crippen LogP contribution is 2.33. The Hall–Kier alpha value is -2.80. The number of sulfonamides is 1. The number of fused-ring (bicyclic) bond motifs is 1. The SMILES string of the molecule is C=CCN1C=C(OC(=O)c2ccco2)c2ccccc2S1(=O)=O. The molecule has 0 amide bonds. The third-order valence-corrected chi connectivity index (χ3v) is 5.02. The van der Waals surface area contributed by atoms with Gasteiger partial charge in [0.1, 0.15) is 0 Å². The van der Waals surface area contributed by atoms with Crippen LogP contribution in [0.5, 0.6) is 0 Å². The van der Waals surface area contributed by atoms with Gasteiger partial charge in [-0.05, 0) is 24.3 Å². The van der Waals surface area contributed by atoms with Gasteiger partial charge in [-0.25, -0.2) is 13.2 Å². The van der Waals surface area contributed by atoms with Crippen molar-refractivity contribution in [3.63, 3.8) is 0 Å². The average Bonchev–Trinajstić information content (AvgIpc) is 3.07. The summed E-state index contributed by atoms with van der Waals surface area (Å²) in [4.78, 5) is 12.1. The summed E-state index contributed by atoms with van der Waals surface area (Å²) in [6.07, 6.45) is 4.09. The molecule has 2 aromatic rings. The Labute approximate surface area is 133 Å². The maximum Gasteiger partial charge on any atom is 0.379 e. The van der Waals surface area contributed by atoms with Gasteiger partial charge < -0.3 is 9.15 Å². The maximum atomic E-state index is 12.5. The highest BCUT2D eigenvalue weighted by atomic mass is 32.2. The van der Waals surface area contributed by atoms with E-state index in [1.807, 2.05) is 0 Å². The van der Waals surface area contributed by atoms with Crippen molar-refractivity contribution >= 4 is 21.8 Å². The van der Waals surface area contributed by atoms with Crippen LogP contribution in [0, 0.1) is 0 Å². The van der Waals surface area contributed by atoms with Crippen LogP contribution in [0.3, 0.4) is 0 Å². The Bertz CT molecular complexity index is 881. The van der Waals surface area contributed by atoms with Crippen molar-refractivity contribution in [2.75, 3.05) is 6.54 Å². The van der Waals surface area contributed by atoms with Crippen LogP contribution in [0.1, 0.15) is 16.1 Å². The van der Waals surface area contributed by atoms with Gasteiger partial charge in [0.15, 0.2) is 5.76 Å². The van der Waals surface area contributed by atoms with E-state index in [0.29, 0.717) is 5.56 Å². The largest absolute Gasteiger partial charge is 0.457 e. The van der Waals surface area contributed by atoms with Crippen LogP contribution < -0.4 is 0 Å². The molecule has 0 bridgehead atoms. The molecule has 1 aromatic carbocycles. The third kappa shape index (κ3) is 2.66. The van der Waals surface area contributed by atoms with Crippen LogP contribution in [0.2, 0.25) is 0 Å². The van der Waals surface area contributed by atoms with Crippen molar-refractivity contribution in [3.8, 4) is 0 Å². The van der Waals surface area contributed by atoms with Crippen molar-refractivity contribution in [2.45, 2.75) is 4.90 Å². The van der Waals surface area contributed by atoms with E-state index in [9.17, 15) is 13.2 Å². The Morgan fingerprint density at radius 1 is 1.26 bits per heavy atom. The number of ether oxygens (including phenoxy) is 1. The fourth-order valence-corrected chi connectivity index (χ4v) is 3.68. The van der Waals surface area contributed by atoms with Crippen LogP contribution in [0.15, 0.2) is 70.8 Å². The lowest BCUT2D eigenvalue weighted by Gasteiger charge is -2.26. The summed E-state index contributed by atoms with van der Waals surface area (Å²) >= 11 is 0. The highest BCUT2D eigenvalue weighted by Gasteiger charge is 2.32. The lowest BCUT2D eigenvalue weighted by atomic mass is 10.2. The summed E-state index contributed by atoms with van der Waals surface area (Å²) in [6, 6.07) is 9.36. The first kappa shape index (κ1) is 15.1.